The Labute approximate surface area is 116 Å². The summed E-state index contributed by atoms with van der Waals surface area (Å²) in [7, 11) is 1.39. The quantitative estimate of drug-likeness (QED) is 0.875. The molecule has 0 aromatic heterocycles. The lowest BCUT2D eigenvalue weighted by molar-refractivity contribution is -0.143. The summed E-state index contributed by atoms with van der Waals surface area (Å²) in [5.41, 5.74) is 0.0671. The molecule has 0 unspecified atom stereocenters. The van der Waals surface area contributed by atoms with Crippen LogP contribution in [-0.2, 0) is 4.79 Å². The second kappa shape index (κ2) is 5.81. The van der Waals surface area contributed by atoms with E-state index >= 15 is 0 Å². The van der Waals surface area contributed by atoms with Gasteiger partial charge in [-0.2, -0.15) is 0 Å². The van der Waals surface area contributed by atoms with Crippen molar-refractivity contribution in [2.75, 3.05) is 13.7 Å². The summed E-state index contributed by atoms with van der Waals surface area (Å²) in [4.78, 5) is 25.0. The number of aliphatic carboxylic acids is 1. The van der Waals surface area contributed by atoms with Crippen LogP contribution in [0.2, 0.25) is 0 Å². The number of likely N-dealkylation sites (tertiary alicyclic amines) is 1. The molecule has 2 rings (SSSR count). The van der Waals surface area contributed by atoms with Gasteiger partial charge in [0.1, 0.15) is 6.04 Å². The van der Waals surface area contributed by atoms with E-state index in [2.05, 4.69) is 0 Å². The molecule has 0 radical (unpaired) electrons. The topological polar surface area (TPSA) is 87.1 Å². The third-order valence-electron chi connectivity index (χ3n) is 3.50. The molecule has 1 atom stereocenters. The second-order valence-electron chi connectivity index (χ2n) is 4.70. The minimum Gasteiger partial charge on any atom is -0.504 e. The Morgan fingerprint density at radius 3 is 2.75 bits per heavy atom. The van der Waals surface area contributed by atoms with E-state index in [1.807, 2.05) is 0 Å². The normalized spacial score (nSPS) is 18.6. The number of carboxylic acid groups (broad SMARTS) is 1. The zero-order valence-electron chi connectivity index (χ0n) is 11.2. The molecule has 0 bridgehead atoms. The molecule has 1 saturated heterocycles. The number of aromatic hydroxyl groups is 1. The summed E-state index contributed by atoms with van der Waals surface area (Å²) < 4.78 is 4.96. The van der Waals surface area contributed by atoms with Gasteiger partial charge in [0.05, 0.1) is 12.7 Å². The van der Waals surface area contributed by atoms with Gasteiger partial charge in [-0.15, -0.1) is 0 Å². The largest absolute Gasteiger partial charge is 0.504 e. The number of amides is 1. The first-order valence-corrected chi connectivity index (χ1v) is 6.46. The van der Waals surface area contributed by atoms with Crippen LogP contribution >= 0.6 is 0 Å². The minimum absolute atomic E-state index is 0.0671. The van der Waals surface area contributed by atoms with Crippen LogP contribution in [0, 0.1) is 0 Å². The smallest absolute Gasteiger partial charge is 0.326 e. The number of phenols is 1. The molecule has 1 heterocycles. The highest BCUT2D eigenvalue weighted by Gasteiger charge is 2.33. The molecule has 1 aromatic rings. The number of hydrogen-bond acceptors (Lipinski definition) is 4. The van der Waals surface area contributed by atoms with Crippen molar-refractivity contribution in [1.29, 1.82) is 0 Å². The van der Waals surface area contributed by atoms with E-state index in [0.29, 0.717) is 13.0 Å². The van der Waals surface area contributed by atoms with Gasteiger partial charge in [0, 0.05) is 6.54 Å². The molecule has 1 aliphatic rings. The zero-order chi connectivity index (χ0) is 14.7. The van der Waals surface area contributed by atoms with Crippen molar-refractivity contribution in [3.8, 4) is 11.5 Å². The van der Waals surface area contributed by atoms with Crippen LogP contribution in [0.5, 0.6) is 11.5 Å². The highest BCUT2D eigenvalue weighted by molar-refractivity contribution is 5.99. The fourth-order valence-corrected chi connectivity index (χ4v) is 2.45. The van der Waals surface area contributed by atoms with Crippen molar-refractivity contribution < 1.29 is 24.5 Å². The highest BCUT2D eigenvalue weighted by atomic mass is 16.5. The van der Waals surface area contributed by atoms with Crippen LogP contribution in [0.15, 0.2) is 18.2 Å². The van der Waals surface area contributed by atoms with Crippen LogP contribution in [-0.4, -0.2) is 46.7 Å². The lowest BCUT2D eigenvalue weighted by Gasteiger charge is -2.33. The van der Waals surface area contributed by atoms with Gasteiger partial charge in [0.15, 0.2) is 11.5 Å². The number of benzene rings is 1. The number of phenolic OH excluding ortho intramolecular Hbond substituents is 1. The van der Waals surface area contributed by atoms with Crippen LogP contribution in [0.4, 0.5) is 0 Å². The van der Waals surface area contributed by atoms with E-state index < -0.39 is 17.9 Å². The van der Waals surface area contributed by atoms with E-state index in [1.54, 1.807) is 6.07 Å². The standard InChI is InChI=1S/C14H17NO5/c1-20-11-7-4-5-9(12(11)16)13(17)15-8-3-2-6-10(15)14(18)19/h4-5,7,10,16H,2-3,6,8H2,1H3,(H,18,19)/t10-/m0/s1. The molecule has 1 aliphatic heterocycles. The van der Waals surface area contributed by atoms with Crippen LogP contribution in [0.25, 0.3) is 0 Å². The van der Waals surface area contributed by atoms with Gasteiger partial charge in [-0.05, 0) is 31.4 Å². The molecule has 0 saturated carbocycles. The summed E-state index contributed by atoms with van der Waals surface area (Å²) >= 11 is 0. The second-order valence-corrected chi connectivity index (χ2v) is 4.70. The van der Waals surface area contributed by atoms with Gasteiger partial charge in [0.2, 0.25) is 0 Å². The summed E-state index contributed by atoms with van der Waals surface area (Å²) in [6.45, 7) is 0.381. The summed E-state index contributed by atoms with van der Waals surface area (Å²) in [5.74, 6) is -1.55. The molecule has 1 amide bonds. The first kappa shape index (κ1) is 14.2. The summed E-state index contributed by atoms with van der Waals surface area (Å²) in [6.07, 6.45) is 1.98. The van der Waals surface area contributed by atoms with E-state index in [-0.39, 0.29) is 17.1 Å². The number of para-hydroxylation sites is 1. The summed E-state index contributed by atoms with van der Waals surface area (Å²) in [5, 5.41) is 19.2. The Hall–Kier alpha value is -2.24. The monoisotopic (exact) mass is 279 g/mol. The third-order valence-corrected chi connectivity index (χ3v) is 3.50. The molecule has 1 aromatic carbocycles. The average Bonchev–Trinajstić information content (AvgIpc) is 2.46. The Morgan fingerprint density at radius 2 is 2.10 bits per heavy atom. The maximum absolute atomic E-state index is 12.5. The maximum Gasteiger partial charge on any atom is 0.326 e. The van der Waals surface area contributed by atoms with Crippen molar-refractivity contribution in [1.82, 2.24) is 4.90 Å². The van der Waals surface area contributed by atoms with E-state index in [9.17, 15) is 19.8 Å². The van der Waals surface area contributed by atoms with Crippen molar-refractivity contribution >= 4 is 11.9 Å². The fourth-order valence-electron chi connectivity index (χ4n) is 2.45. The number of nitrogens with zero attached hydrogens (tertiary/aromatic N) is 1. The molecule has 1 fully saturated rings. The lowest BCUT2D eigenvalue weighted by Crippen LogP contribution is -2.48. The summed E-state index contributed by atoms with van der Waals surface area (Å²) in [6, 6.07) is 3.76. The van der Waals surface area contributed by atoms with Gasteiger partial charge >= 0.3 is 5.97 Å². The average molecular weight is 279 g/mol. The third kappa shape index (κ3) is 2.54. The van der Waals surface area contributed by atoms with E-state index in [0.717, 1.165) is 12.8 Å². The molecule has 0 spiro atoms. The SMILES string of the molecule is COc1cccc(C(=O)N2CCCC[C@H]2C(=O)O)c1O. The van der Waals surface area contributed by atoms with E-state index in [4.69, 9.17) is 4.74 Å². The van der Waals surface area contributed by atoms with E-state index in [1.165, 1.54) is 24.1 Å². The number of piperidine rings is 1. The maximum atomic E-state index is 12.5. The zero-order valence-corrected chi connectivity index (χ0v) is 11.2. The number of carbonyl (C=O) groups is 2. The number of methoxy groups -OCH3 is 1. The molecule has 20 heavy (non-hydrogen) atoms. The number of ether oxygens (including phenoxy) is 1. The Morgan fingerprint density at radius 1 is 1.35 bits per heavy atom. The number of carbonyl (C=O) groups excluding carboxylic acids is 1. The van der Waals surface area contributed by atoms with Crippen molar-refractivity contribution in [2.45, 2.75) is 25.3 Å². The van der Waals surface area contributed by atoms with Crippen molar-refractivity contribution in [3.05, 3.63) is 23.8 Å². The van der Waals surface area contributed by atoms with Crippen LogP contribution in [0.1, 0.15) is 29.6 Å². The molecule has 108 valence electrons. The van der Waals surface area contributed by atoms with Crippen LogP contribution in [0.3, 0.4) is 0 Å². The Balaban J connectivity index is 2.32. The number of rotatable bonds is 3. The van der Waals surface area contributed by atoms with Crippen molar-refractivity contribution in [3.63, 3.8) is 0 Å². The van der Waals surface area contributed by atoms with Gasteiger partial charge in [-0.1, -0.05) is 6.07 Å². The van der Waals surface area contributed by atoms with Gasteiger partial charge in [0.25, 0.3) is 5.91 Å². The molecular weight excluding hydrogens is 262 g/mol. The lowest BCUT2D eigenvalue weighted by atomic mass is 10.0. The molecule has 0 aliphatic carbocycles. The Bertz CT molecular complexity index is 528. The number of hydrogen-bond donors (Lipinski definition) is 2. The van der Waals surface area contributed by atoms with Gasteiger partial charge < -0.3 is 19.8 Å². The highest BCUT2D eigenvalue weighted by Crippen LogP contribution is 2.31. The number of carboxylic acids is 1. The van der Waals surface area contributed by atoms with Crippen molar-refractivity contribution in [2.24, 2.45) is 0 Å². The predicted molar refractivity (Wildman–Crippen MR) is 71.0 cm³/mol. The van der Waals surface area contributed by atoms with Gasteiger partial charge in [-0.3, -0.25) is 4.79 Å². The Kier molecular flexibility index (Phi) is 4.12. The van der Waals surface area contributed by atoms with Crippen LogP contribution < -0.4 is 4.74 Å². The molecule has 2 N–H and O–H groups in total. The first-order chi connectivity index (χ1) is 9.56. The molecule has 6 heteroatoms. The fraction of sp³-hybridized carbons (Fsp3) is 0.429. The molecule has 6 nitrogen and oxygen atoms in total. The minimum atomic E-state index is -1.01. The van der Waals surface area contributed by atoms with Gasteiger partial charge in [-0.25, -0.2) is 4.79 Å². The molecular formula is C14H17NO5. The first-order valence-electron chi connectivity index (χ1n) is 6.46. The predicted octanol–water partition coefficient (Wildman–Crippen LogP) is 1.48.